The highest BCUT2D eigenvalue weighted by atomic mass is 32.1. The second-order valence-corrected chi connectivity index (χ2v) is 8.27. The van der Waals surface area contributed by atoms with E-state index < -0.39 is 0 Å². The van der Waals surface area contributed by atoms with E-state index in [0.29, 0.717) is 11.0 Å². The third-order valence-electron chi connectivity index (χ3n) is 3.98. The Morgan fingerprint density at radius 1 is 1.22 bits per heavy atom. The van der Waals surface area contributed by atoms with Crippen LogP contribution in [0.15, 0.2) is 41.3 Å². The smallest absolute Gasteiger partial charge is 0.233 e. The molecule has 6 nitrogen and oxygen atoms in total. The first-order valence-electron chi connectivity index (χ1n) is 8.64. The molecule has 0 aromatic carbocycles. The Bertz CT molecular complexity index is 938. The summed E-state index contributed by atoms with van der Waals surface area (Å²) >= 11 is 1.39. The molecular formula is C20H22N4O2S. The molecule has 0 aliphatic rings. The predicted octanol–water partition coefficient (Wildman–Crippen LogP) is 4.74. The molecule has 3 aromatic heterocycles. The summed E-state index contributed by atoms with van der Waals surface area (Å²) in [4.78, 5) is 25.9. The number of thiazole rings is 1. The van der Waals surface area contributed by atoms with Gasteiger partial charge in [-0.1, -0.05) is 38.2 Å². The lowest BCUT2D eigenvalue weighted by atomic mass is 9.94. The molecule has 7 heteroatoms. The molecule has 27 heavy (non-hydrogen) atoms. The summed E-state index contributed by atoms with van der Waals surface area (Å²) in [6.45, 7) is 8.07. The number of hydrogen-bond donors (Lipinski definition) is 1. The second kappa shape index (κ2) is 7.84. The number of oxazole rings is 1. The van der Waals surface area contributed by atoms with Crippen molar-refractivity contribution in [2.45, 2.75) is 39.0 Å². The minimum absolute atomic E-state index is 0.0774. The fourth-order valence-corrected chi connectivity index (χ4v) is 3.01. The molecular weight excluding hydrogens is 360 g/mol. The Morgan fingerprint density at radius 2 is 2.04 bits per heavy atom. The maximum atomic E-state index is 12.4. The predicted molar refractivity (Wildman–Crippen MR) is 108 cm³/mol. The third-order valence-corrected chi connectivity index (χ3v) is 4.86. The number of nitrogens with zero attached hydrogens (tertiary/aromatic N) is 3. The second-order valence-electron chi connectivity index (χ2n) is 7.21. The molecule has 0 saturated carbocycles. The van der Waals surface area contributed by atoms with Crippen LogP contribution in [0.1, 0.15) is 55.7 Å². The molecule has 0 aliphatic carbocycles. The van der Waals surface area contributed by atoms with Crippen LogP contribution in [-0.4, -0.2) is 20.9 Å². The van der Waals surface area contributed by atoms with E-state index in [2.05, 4.69) is 41.0 Å². The van der Waals surface area contributed by atoms with Crippen LogP contribution in [0.3, 0.4) is 0 Å². The average Bonchev–Trinajstić information content (AvgIpc) is 3.29. The van der Waals surface area contributed by atoms with Gasteiger partial charge in [0, 0.05) is 35.0 Å². The van der Waals surface area contributed by atoms with Gasteiger partial charge in [0.05, 0.1) is 12.1 Å². The molecule has 0 radical (unpaired) electrons. The number of nitrogens with one attached hydrogen (secondary N) is 1. The molecule has 3 heterocycles. The lowest BCUT2D eigenvalue weighted by Crippen LogP contribution is -2.18. The van der Waals surface area contributed by atoms with E-state index in [4.69, 9.17) is 4.42 Å². The van der Waals surface area contributed by atoms with Crippen molar-refractivity contribution in [1.82, 2.24) is 15.0 Å². The lowest BCUT2D eigenvalue weighted by Gasteiger charge is -2.12. The number of aromatic nitrogens is 3. The summed E-state index contributed by atoms with van der Waals surface area (Å²) in [6, 6.07) is 3.70. The summed E-state index contributed by atoms with van der Waals surface area (Å²) in [7, 11) is 0. The Kier molecular flexibility index (Phi) is 5.51. The molecule has 0 bridgehead atoms. The number of amides is 1. The van der Waals surface area contributed by atoms with Crippen molar-refractivity contribution in [3.8, 4) is 0 Å². The van der Waals surface area contributed by atoms with Crippen LogP contribution in [0.25, 0.3) is 12.2 Å². The molecule has 1 unspecified atom stereocenters. The summed E-state index contributed by atoms with van der Waals surface area (Å²) in [5, 5.41) is 3.40. The summed E-state index contributed by atoms with van der Waals surface area (Å²) in [6.07, 6.45) is 10.5. The van der Waals surface area contributed by atoms with Crippen molar-refractivity contribution >= 4 is 34.5 Å². The zero-order valence-electron chi connectivity index (χ0n) is 15.8. The van der Waals surface area contributed by atoms with Gasteiger partial charge in [-0.05, 0) is 24.6 Å². The molecule has 140 valence electrons. The van der Waals surface area contributed by atoms with Gasteiger partial charge in [-0.15, -0.1) is 0 Å². The van der Waals surface area contributed by atoms with E-state index in [-0.39, 0.29) is 17.2 Å². The molecule has 3 rings (SSSR count). The van der Waals surface area contributed by atoms with Crippen LogP contribution in [-0.2, 0) is 10.2 Å². The van der Waals surface area contributed by atoms with Crippen molar-refractivity contribution in [2.75, 3.05) is 5.32 Å². The quantitative estimate of drug-likeness (QED) is 0.689. The summed E-state index contributed by atoms with van der Waals surface area (Å²) in [5.74, 6) is 0.966. The fraction of sp³-hybridized carbons (Fsp3) is 0.300. The normalized spacial score (nSPS) is 13.0. The van der Waals surface area contributed by atoms with Crippen LogP contribution in [0, 0.1) is 0 Å². The topological polar surface area (TPSA) is 80.9 Å². The van der Waals surface area contributed by atoms with Gasteiger partial charge in [0.25, 0.3) is 0 Å². The van der Waals surface area contributed by atoms with E-state index in [9.17, 15) is 4.79 Å². The Labute approximate surface area is 162 Å². The summed E-state index contributed by atoms with van der Waals surface area (Å²) in [5.41, 5.74) is 0.789. The first-order chi connectivity index (χ1) is 12.8. The molecule has 1 atom stereocenters. The number of anilines is 1. The minimum atomic E-state index is -0.301. The number of pyridine rings is 1. The fourth-order valence-electron chi connectivity index (χ4n) is 2.28. The van der Waals surface area contributed by atoms with Crippen LogP contribution in [0.4, 0.5) is 5.13 Å². The van der Waals surface area contributed by atoms with Crippen molar-refractivity contribution in [3.05, 3.63) is 59.0 Å². The number of hydrogen-bond acceptors (Lipinski definition) is 6. The zero-order valence-corrected chi connectivity index (χ0v) is 16.6. The highest BCUT2D eigenvalue weighted by molar-refractivity contribution is 7.16. The number of carbonyl (C=O) groups is 1. The molecule has 1 N–H and O–H groups in total. The Morgan fingerprint density at radius 3 is 2.70 bits per heavy atom. The van der Waals surface area contributed by atoms with Crippen molar-refractivity contribution < 1.29 is 9.21 Å². The van der Waals surface area contributed by atoms with Gasteiger partial charge in [0.15, 0.2) is 5.13 Å². The highest BCUT2D eigenvalue weighted by Gasteiger charge is 2.19. The van der Waals surface area contributed by atoms with E-state index >= 15 is 0 Å². The maximum absolute atomic E-state index is 12.4. The van der Waals surface area contributed by atoms with Crippen LogP contribution < -0.4 is 5.32 Å². The Balaban J connectivity index is 1.63. The highest BCUT2D eigenvalue weighted by Crippen LogP contribution is 2.25. The first kappa shape index (κ1) is 19.0. The standard InChI is InChI=1S/C20H22N4O2S/c1-13(14-6-5-9-21-10-14)18(25)24-19-23-11-15(27-19)7-8-17-22-12-16(26-17)20(2,3)4/h5-13H,1-4H3,(H,23,24,25). The molecule has 0 saturated heterocycles. The molecule has 0 spiro atoms. The van der Waals surface area contributed by atoms with Gasteiger partial charge in [-0.25, -0.2) is 9.97 Å². The van der Waals surface area contributed by atoms with Gasteiger partial charge in [-0.2, -0.15) is 0 Å². The van der Waals surface area contributed by atoms with E-state index in [1.165, 1.54) is 11.3 Å². The van der Waals surface area contributed by atoms with Crippen LogP contribution >= 0.6 is 11.3 Å². The third kappa shape index (κ3) is 4.89. The zero-order chi connectivity index (χ0) is 19.4. The molecule has 1 amide bonds. The van der Waals surface area contributed by atoms with Crippen LogP contribution in [0.5, 0.6) is 0 Å². The van der Waals surface area contributed by atoms with Gasteiger partial charge in [0.2, 0.25) is 11.8 Å². The SMILES string of the molecule is CC(C(=O)Nc1ncc(C=Cc2ncc(C(C)(C)C)o2)s1)c1cccnc1. The molecule has 0 aliphatic heterocycles. The van der Waals surface area contributed by atoms with Crippen LogP contribution in [0.2, 0.25) is 0 Å². The number of rotatable bonds is 5. The largest absolute Gasteiger partial charge is 0.441 e. The van der Waals surface area contributed by atoms with Crippen molar-refractivity contribution in [2.24, 2.45) is 0 Å². The number of carbonyl (C=O) groups excluding carboxylic acids is 1. The molecule has 3 aromatic rings. The summed E-state index contributed by atoms with van der Waals surface area (Å²) < 4.78 is 5.73. The monoisotopic (exact) mass is 382 g/mol. The van der Waals surface area contributed by atoms with Gasteiger partial charge in [0.1, 0.15) is 5.76 Å². The van der Waals surface area contributed by atoms with Crippen molar-refractivity contribution in [1.29, 1.82) is 0 Å². The first-order valence-corrected chi connectivity index (χ1v) is 9.45. The van der Waals surface area contributed by atoms with E-state index in [0.717, 1.165) is 16.2 Å². The minimum Gasteiger partial charge on any atom is -0.441 e. The van der Waals surface area contributed by atoms with E-state index in [1.54, 1.807) is 30.9 Å². The van der Waals surface area contributed by atoms with Gasteiger partial charge >= 0.3 is 0 Å². The van der Waals surface area contributed by atoms with Crippen molar-refractivity contribution in [3.63, 3.8) is 0 Å². The Hall–Kier alpha value is -2.80. The van der Waals surface area contributed by atoms with E-state index in [1.807, 2.05) is 25.1 Å². The molecule has 0 fully saturated rings. The maximum Gasteiger partial charge on any atom is 0.233 e. The van der Waals surface area contributed by atoms with Gasteiger partial charge < -0.3 is 9.73 Å². The average molecular weight is 382 g/mol. The lowest BCUT2D eigenvalue weighted by molar-refractivity contribution is -0.117. The van der Waals surface area contributed by atoms with Gasteiger partial charge in [-0.3, -0.25) is 9.78 Å².